The standard InChI is InChI=1S/C18H14BrNO5S/c1-3-23-14-9-11(7-12(19)16(14)24-10(2)21)8-13-18(22)25-17(20-13)15-5-4-6-26-15/h4-9H,3H2,1-2H3/b13-8+. The summed E-state index contributed by atoms with van der Waals surface area (Å²) in [4.78, 5) is 28.4. The Hall–Kier alpha value is -2.45. The van der Waals surface area contributed by atoms with E-state index in [0.29, 0.717) is 28.1 Å². The molecule has 1 aromatic carbocycles. The van der Waals surface area contributed by atoms with Crippen molar-refractivity contribution in [3.05, 3.63) is 50.3 Å². The highest BCUT2D eigenvalue weighted by molar-refractivity contribution is 9.10. The summed E-state index contributed by atoms with van der Waals surface area (Å²) < 4.78 is 16.5. The molecular formula is C18H14BrNO5S. The van der Waals surface area contributed by atoms with Gasteiger partial charge in [0.05, 0.1) is 16.0 Å². The van der Waals surface area contributed by atoms with Gasteiger partial charge >= 0.3 is 11.9 Å². The van der Waals surface area contributed by atoms with Crippen molar-refractivity contribution < 1.29 is 23.8 Å². The molecular weight excluding hydrogens is 422 g/mol. The first-order valence-corrected chi connectivity index (χ1v) is 9.36. The maximum atomic E-state index is 12.1. The Labute approximate surface area is 162 Å². The minimum absolute atomic E-state index is 0.183. The Bertz CT molecular complexity index is 918. The number of nitrogens with zero attached hydrogens (tertiary/aromatic N) is 1. The van der Waals surface area contributed by atoms with E-state index in [4.69, 9.17) is 14.2 Å². The molecule has 0 unspecified atom stereocenters. The normalized spacial score (nSPS) is 15.0. The van der Waals surface area contributed by atoms with Crippen molar-refractivity contribution in [2.45, 2.75) is 13.8 Å². The summed E-state index contributed by atoms with van der Waals surface area (Å²) in [5.74, 6) is -0.0123. The van der Waals surface area contributed by atoms with Crippen molar-refractivity contribution in [2.24, 2.45) is 4.99 Å². The average molecular weight is 436 g/mol. The molecule has 1 aromatic heterocycles. The fourth-order valence-corrected chi connectivity index (χ4v) is 3.44. The maximum absolute atomic E-state index is 12.1. The molecule has 1 aliphatic heterocycles. The molecule has 0 N–H and O–H groups in total. The molecule has 0 spiro atoms. The number of hydrogen-bond donors (Lipinski definition) is 0. The fourth-order valence-electron chi connectivity index (χ4n) is 2.25. The van der Waals surface area contributed by atoms with Crippen LogP contribution in [0.4, 0.5) is 0 Å². The lowest BCUT2D eigenvalue weighted by atomic mass is 10.1. The molecule has 0 fully saturated rings. The SMILES string of the molecule is CCOc1cc(/C=C2/N=C(c3cccs3)OC2=O)cc(Br)c1OC(C)=O. The lowest BCUT2D eigenvalue weighted by molar-refractivity contribution is -0.132. The van der Waals surface area contributed by atoms with Crippen LogP contribution in [0.5, 0.6) is 11.5 Å². The first-order chi connectivity index (χ1) is 12.5. The Morgan fingerprint density at radius 3 is 2.88 bits per heavy atom. The summed E-state index contributed by atoms with van der Waals surface area (Å²) in [6.07, 6.45) is 1.59. The molecule has 1 aliphatic rings. The number of cyclic esters (lactones) is 1. The molecule has 0 saturated heterocycles. The van der Waals surface area contributed by atoms with Gasteiger partial charge < -0.3 is 14.2 Å². The number of carbonyl (C=O) groups excluding carboxylic acids is 2. The molecule has 2 heterocycles. The fraction of sp³-hybridized carbons (Fsp3) is 0.167. The number of hydrogen-bond acceptors (Lipinski definition) is 7. The molecule has 2 aromatic rings. The zero-order valence-corrected chi connectivity index (χ0v) is 16.3. The third kappa shape index (κ3) is 4.03. The number of halogens is 1. The third-order valence-electron chi connectivity index (χ3n) is 3.23. The van der Waals surface area contributed by atoms with Crippen molar-refractivity contribution in [3.8, 4) is 11.5 Å². The van der Waals surface area contributed by atoms with Gasteiger partial charge in [-0.2, -0.15) is 0 Å². The van der Waals surface area contributed by atoms with E-state index in [2.05, 4.69) is 20.9 Å². The Balaban J connectivity index is 1.97. The van der Waals surface area contributed by atoms with E-state index < -0.39 is 11.9 Å². The van der Waals surface area contributed by atoms with Crippen LogP contribution in [0.15, 0.2) is 44.8 Å². The average Bonchev–Trinajstić information content (AvgIpc) is 3.21. The van der Waals surface area contributed by atoms with Gasteiger partial charge in [0.15, 0.2) is 17.2 Å². The van der Waals surface area contributed by atoms with Crippen LogP contribution in [0, 0.1) is 0 Å². The van der Waals surface area contributed by atoms with Gasteiger partial charge in [-0.3, -0.25) is 4.79 Å². The predicted octanol–water partition coefficient (Wildman–Crippen LogP) is 4.18. The lowest BCUT2D eigenvalue weighted by Gasteiger charge is -2.12. The number of rotatable bonds is 5. The molecule has 6 nitrogen and oxygen atoms in total. The highest BCUT2D eigenvalue weighted by Crippen LogP contribution is 2.38. The number of benzene rings is 1. The number of ether oxygens (including phenoxy) is 3. The van der Waals surface area contributed by atoms with Gasteiger partial charge in [0.1, 0.15) is 0 Å². The minimum Gasteiger partial charge on any atom is -0.490 e. The van der Waals surface area contributed by atoms with Crippen molar-refractivity contribution in [2.75, 3.05) is 6.61 Å². The van der Waals surface area contributed by atoms with Gasteiger partial charge in [-0.25, -0.2) is 9.79 Å². The smallest absolute Gasteiger partial charge is 0.363 e. The second-order valence-corrected chi connectivity index (χ2v) is 6.97. The summed E-state index contributed by atoms with van der Waals surface area (Å²) in [7, 11) is 0. The molecule has 0 aliphatic carbocycles. The van der Waals surface area contributed by atoms with E-state index >= 15 is 0 Å². The van der Waals surface area contributed by atoms with Gasteiger partial charge in [-0.05, 0) is 58.1 Å². The summed E-state index contributed by atoms with van der Waals surface area (Å²) in [6, 6.07) is 7.07. The molecule has 0 atom stereocenters. The summed E-state index contributed by atoms with van der Waals surface area (Å²) >= 11 is 4.81. The van der Waals surface area contributed by atoms with Gasteiger partial charge in [-0.1, -0.05) is 6.07 Å². The molecule has 0 radical (unpaired) electrons. The van der Waals surface area contributed by atoms with Crippen molar-refractivity contribution in [3.63, 3.8) is 0 Å². The van der Waals surface area contributed by atoms with Gasteiger partial charge in [-0.15, -0.1) is 11.3 Å². The second-order valence-electron chi connectivity index (χ2n) is 5.17. The summed E-state index contributed by atoms with van der Waals surface area (Å²) in [6.45, 7) is 3.53. The maximum Gasteiger partial charge on any atom is 0.363 e. The second kappa shape index (κ2) is 7.84. The first kappa shape index (κ1) is 18.3. The molecule has 0 amide bonds. The van der Waals surface area contributed by atoms with E-state index in [1.54, 1.807) is 18.2 Å². The van der Waals surface area contributed by atoms with E-state index in [1.165, 1.54) is 18.3 Å². The topological polar surface area (TPSA) is 74.2 Å². The Morgan fingerprint density at radius 2 is 2.23 bits per heavy atom. The first-order valence-electron chi connectivity index (χ1n) is 7.69. The van der Waals surface area contributed by atoms with Crippen molar-refractivity contribution in [1.82, 2.24) is 0 Å². The van der Waals surface area contributed by atoms with E-state index in [9.17, 15) is 9.59 Å². The van der Waals surface area contributed by atoms with Gasteiger partial charge in [0.2, 0.25) is 5.90 Å². The summed E-state index contributed by atoms with van der Waals surface area (Å²) in [5.41, 5.74) is 0.836. The Morgan fingerprint density at radius 1 is 1.42 bits per heavy atom. The van der Waals surface area contributed by atoms with Gasteiger partial charge in [0, 0.05) is 6.92 Å². The highest BCUT2D eigenvalue weighted by atomic mass is 79.9. The quantitative estimate of drug-likeness (QED) is 0.400. The zero-order valence-electron chi connectivity index (χ0n) is 13.9. The van der Waals surface area contributed by atoms with Crippen LogP contribution in [0.25, 0.3) is 6.08 Å². The van der Waals surface area contributed by atoms with Crippen LogP contribution < -0.4 is 9.47 Å². The number of esters is 2. The summed E-state index contributed by atoms with van der Waals surface area (Å²) in [5, 5.41) is 1.88. The molecule has 0 bridgehead atoms. The minimum atomic E-state index is -0.522. The number of aliphatic imine (C=N–C) groups is 1. The van der Waals surface area contributed by atoms with Crippen LogP contribution in [-0.2, 0) is 14.3 Å². The largest absolute Gasteiger partial charge is 0.490 e. The zero-order chi connectivity index (χ0) is 18.7. The van der Waals surface area contributed by atoms with E-state index in [-0.39, 0.29) is 11.6 Å². The van der Waals surface area contributed by atoms with Crippen LogP contribution in [0.3, 0.4) is 0 Å². The van der Waals surface area contributed by atoms with Crippen molar-refractivity contribution in [1.29, 1.82) is 0 Å². The molecule has 0 saturated carbocycles. The molecule has 8 heteroatoms. The van der Waals surface area contributed by atoms with E-state index in [0.717, 1.165) is 4.88 Å². The van der Waals surface area contributed by atoms with Crippen LogP contribution in [-0.4, -0.2) is 24.4 Å². The molecule has 26 heavy (non-hydrogen) atoms. The highest BCUT2D eigenvalue weighted by Gasteiger charge is 2.25. The third-order valence-corrected chi connectivity index (χ3v) is 4.68. The molecule has 134 valence electrons. The lowest BCUT2D eigenvalue weighted by Crippen LogP contribution is -2.05. The monoisotopic (exact) mass is 435 g/mol. The predicted molar refractivity (Wildman–Crippen MR) is 102 cm³/mol. The number of thiophene rings is 1. The van der Waals surface area contributed by atoms with Crippen molar-refractivity contribution >= 4 is 51.2 Å². The number of carbonyl (C=O) groups is 2. The van der Waals surface area contributed by atoms with Crippen LogP contribution in [0.1, 0.15) is 24.3 Å². The Kier molecular flexibility index (Phi) is 5.53. The van der Waals surface area contributed by atoms with Crippen LogP contribution in [0.2, 0.25) is 0 Å². The van der Waals surface area contributed by atoms with E-state index in [1.807, 2.05) is 24.4 Å². The van der Waals surface area contributed by atoms with Crippen LogP contribution >= 0.6 is 27.3 Å². The molecule has 3 rings (SSSR count). The van der Waals surface area contributed by atoms with Gasteiger partial charge in [0.25, 0.3) is 0 Å².